The SMILES string of the molecule is O=C(Nc1cc(OCc2ccccc2)ncn1)c1ncccn1. The molecule has 0 atom stereocenters. The molecule has 7 heteroatoms. The molecule has 0 aliphatic rings. The van der Waals surface area contributed by atoms with E-state index in [9.17, 15) is 4.79 Å². The van der Waals surface area contributed by atoms with Crippen LogP contribution in [-0.4, -0.2) is 25.8 Å². The van der Waals surface area contributed by atoms with Crippen LogP contribution >= 0.6 is 0 Å². The van der Waals surface area contributed by atoms with E-state index < -0.39 is 5.91 Å². The van der Waals surface area contributed by atoms with Gasteiger partial charge in [-0.1, -0.05) is 30.3 Å². The van der Waals surface area contributed by atoms with Crippen LogP contribution in [-0.2, 0) is 6.61 Å². The lowest BCUT2D eigenvalue weighted by Crippen LogP contribution is -2.16. The lowest BCUT2D eigenvalue weighted by atomic mass is 10.2. The second-order valence-electron chi connectivity index (χ2n) is 4.54. The Kier molecular flexibility index (Phi) is 4.49. The number of ether oxygens (including phenoxy) is 1. The third kappa shape index (κ3) is 4.07. The number of nitrogens with one attached hydrogen (secondary N) is 1. The van der Waals surface area contributed by atoms with Gasteiger partial charge in [0.25, 0.3) is 5.91 Å². The molecule has 0 spiro atoms. The van der Waals surface area contributed by atoms with Gasteiger partial charge in [-0.05, 0) is 11.6 Å². The highest BCUT2D eigenvalue weighted by Crippen LogP contribution is 2.13. The maximum absolute atomic E-state index is 12.0. The van der Waals surface area contributed by atoms with Gasteiger partial charge in [0.15, 0.2) is 0 Å². The molecule has 0 saturated heterocycles. The molecule has 0 saturated carbocycles. The number of anilines is 1. The molecular weight excluding hydrogens is 294 g/mol. The third-order valence-corrected chi connectivity index (χ3v) is 2.88. The van der Waals surface area contributed by atoms with E-state index in [4.69, 9.17) is 4.74 Å². The lowest BCUT2D eigenvalue weighted by molar-refractivity contribution is 0.101. The van der Waals surface area contributed by atoms with Crippen LogP contribution in [0.15, 0.2) is 61.2 Å². The summed E-state index contributed by atoms with van der Waals surface area (Å²) in [6.45, 7) is 0.382. The molecule has 23 heavy (non-hydrogen) atoms. The van der Waals surface area contributed by atoms with E-state index in [0.29, 0.717) is 18.3 Å². The van der Waals surface area contributed by atoms with Crippen LogP contribution in [0.25, 0.3) is 0 Å². The highest BCUT2D eigenvalue weighted by Gasteiger charge is 2.10. The molecule has 1 aromatic carbocycles. The number of rotatable bonds is 5. The fourth-order valence-corrected chi connectivity index (χ4v) is 1.81. The summed E-state index contributed by atoms with van der Waals surface area (Å²) in [5, 5.41) is 2.60. The fourth-order valence-electron chi connectivity index (χ4n) is 1.81. The van der Waals surface area contributed by atoms with E-state index in [1.165, 1.54) is 18.7 Å². The lowest BCUT2D eigenvalue weighted by Gasteiger charge is -2.07. The van der Waals surface area contributed by atoms with Crippen LogP contribution in [0.4, 0.5) is 5.82 Å². The smallest absolute Gasteiger partial charge is 0.294 e. The molecule has 0 unspecified atom stereocenters. The van der Waals surface area contributed by atoms with Crippen molar-refractivity contribution in [3.8, 4) is 5.88 Å². The molecule has 114 valence electrons. The minimum absolute atomic E-state index is 0.0675. The van der Waals surface area contributed by atoms with Gasteiger partial charge in [0.1, 0.15) is 18.8 Å². The maximum Gasteiger partial charge on any atom is 0.294 e. The van der Waals surface area contributed by atoms with Gasteiger partial charge < -0.3 is 10.1 Å². The quantitative estimate of drug-likeness (QED) is 0.776. The molecule has 1 N–H and O–H groups in total. The number of benzene rings is 1. The van der Waals surface area contributed by atoms with Gasteiger partial charge in [0, 0.05) is 18.5 Å². The number of carbonyl (C=O) groups is 1. The first-order chi connectivity index (χ1) is 11.3. The van der Waals surface area contributed by atoms with Crippen LogP contribution in [0, 0.1) is 0 Å². The molecule has 2 heterocycles. The molecule has 0 bridgehead atoms. The van der Waals surface area contributed by atoms with Crippen LogP contribution in [0.2, 0.25) is 0 Å². The van der Waals surface area contributed by atoms with Crippen LogP contribution in [0.3, 0.4) is 0 Å². The molecular formula is C16H13N5O2. The summed E-state index contributed by atoms with van der Waals surface area (Å²) in [6, 6.07) is 12.9. The average molecular weight is 307 g/mol. The first-order valence-corrected chi connectivity index (χ1v) is 6.88. The van der Waals surface area contributed by atoms with Gasteiger partial charge >= 0.3 is 0 Å². The van der Waals surface area contributed by atoms with E-state index in [1.807, 2.05) is 30.3 Å². The van der Waals surface area contributed by atoms with Crippen molar-refractivity contribution in [2.75, 3.05) is 5.32 Å². The Hall–Kier alpha value is -3.35. The summed E-state index contributed by atoms with van der Waals surface area (Å²) in [6.07, 6.45) is 4.31. The number of carbonyl (C=O) groups excluding carboxylic acids is 1. The molecule has 7 nitrogen and oxygen atoms in total. The molecule has 0 aliphatic heterocycles. The topological polar surface area (TPSA) is 89.9 Å². The number of nitrogens with zero attached hydrogens (tertiary/aromatic N) is 4. The zero-order chi connectivity index (χ0) is 15.9. The molecule has 1 amide bonds. The number of aromatic nitrogens is 4. The van der Waals surface area contributed by atoms with Gasteiger partial charge in [-0.15, -0.1) is 0 Å². The normalized spacial score (nSPS) is 10.1. The molecule has 2 aromatic heterocycles. The maximum atomic E-state index is 12.0. The van der Waals surface area contributed by atoms with Gasteiger partial charge in [-0.2, -0.15) is 0 Å². The predicted octanol–water partition coefficient (Wildman–Crippen LogP) is 2.10. The van der Waals surface area contributed by atoms with E-state index >= 15 is 0 Å². The van der Waals surface area contributed by atoms with Gasteiger partial charge in [-0.25, -0.2) is 19.9 Å². The van der Waals surface area contributed by atoms with Crippen molar-refractivity contribution in [2.45, 2.75) is 6.61 Å². The number of amides is 1. The van der Waals surface area contributed by atoms with E-state index in [2.05, 4.69) is 25.3 Å². The predicted molar refractivity (Wildman–Crippen MR) is 82.8 cm³/mol. The highest BCUT2D eigenvalue weighted by atomic mass is 16.5. The molecule has 0 radical (unpaired) electrons. The summed E-state index contributed by atoms with van der Waals surface area (Å²) in [5.74, 6) is 0.310. The zero-order valence-corrected chi connectivity index (χ0v) is 12.1. The molecule has 0 fully saturated rings. The minimum Gasteiger partial charge on any atom is -0.473 e. The summed E-state index contributed by atoms with van der Waals surface area (Å²) in [4.78, 5) is 27.7. The Morgan fingerprint density at radius 3 is 2.57 bits per heavy atom. The summed E-state index contributed by atoms with van der Waals surface area (Å²) in [5.41, 5.74) is 1.02. The second-order valence-corrected chi connectivity index (χ2v) is 4.54. The van der Waals surface area contributed by atoms with Crippen molar-refractivity contribution >= 4 is 11.7 Å². The summed E-state index contributed by atoms with van der Waals surface area (Å²) >= 11 is 0. The van der Waals surface area contributed by atoms with E-state index in [-0.39, 0.29) is 5.82 Å². The van der Waals surface area contributed by atoms with Gasteiger partial charge in [-0.3, -0.25) is 4.79 Å². The Balaban J connectivity index is 1.64. The molecule has 3 aromatic rings. The Morgan fingerprint density at radius 1 is 1.00 bits per heavy atom. The van der Waals surface area contributed by atoms with Crippen molar-refractivity contribution in [3.63, 3.8) is 0 Å². The largest absolute Gasteiger partial charge is 0.473 e. The van der Waals surface area contributed by atoms with Gasteiger partial charge in [0.2, 0.25) is 11.7 Å². The molecule has 0 aliphatic carbocycles. The van der Waals surface area contributed by atoms with E-state index in [1.54, 1.807) is 12.1 Å². The minimum atomic E-state index is -0.446. The Morgan fingerprint density at radius 2 is 1.78 bits per heavy atom. The zero-order valence-electron chi connectivity index (χ0n) is 12.1. The van der Waals surface area contributed by atoms with Crippen molar-refractivity contribution in [1.29, 1.82) is 0 Å². The number of hydrogen-bond donors (Lipinski definition) is 1. The average Bonchev–Trinajstić information content (AvgIpc) is 2.62. The van der Waals surface area contributed by atoms with Crippen molar-refractivity contribution < 1.29 is 9.53 Å². The Bertz CT molecular complexity index is 781. The molecule has 3 rings (SSSR count). The van der Waals surface area contributed by atoms with Crippen LogP contribution in [0.1, 0.15) is 16.2 Å². The summed E-state index contributed by atoms with van der Waals surface area (Å²) in [7, 11) is 0. The van der Waals surface area contributed by atoms with Crippen molar-refractivity contribution in [1.82, 2.24) is 19.9 Å². The summed E-state index contributed by atoms with van der Waals surface area (Å²) < 4.78 is 5.59. The Labute approximate surface area is 132 Å². The fraction of sp³-hybridized carbons (Fsp3) is 0.0625. The highest BCUT2D eigenvalue weighted by molar-refractivity contribution is 6.00. The first kappa shape index (κ1) is 14.6. The monoisotopic (exact) mass is 307 g/mol. The van der Waals surface area contributed by atoms with Crippen molar-refractivity contribution in [2.24, 2.45) is 0 Å². The third-order valence-electron chi connectivity index (χ3n) is 2.88. The van der Waals surface area contributed by atoms with Crippen LogP contribution in [0.5, 0.6) is 5.88 Å². The van der Waals surface area contributed by atoms with Crippen molar-refractivity contribution in [3.05, 3.63) is 72.6 Å². The first-order valence-electron chi connectivity index (χ1n) is 6.88. The standard InChI is InChI=1S/C16H13N5O2/c22-16(15-17-7-4-8-18-15)21-13-9-14(20-11-19-13)23-10-12-5-2-1-3-6-12/h1-9,11H,10H2,(H,19,20,21,22). The van der Waals surface area contributed by atoms with E-state index in [0.717, 1.165) is 5.56 Å². The van der Waals surface area contributed by atoms with Gasteiger partial charge in [0.05, 0.1) is 0 Å². The number of hydrogen-bond acceptors (Lipinski definition) is 6. The van der Waals surface area contributed by atoms with Crippen LogP contribution < -0.4 is 10.1 Å². The second kappa shape index (κ2) is 7.08.